The molecule has 0 amide bonds. The average Bonchev–Trinajstić information content (AvgIpc) is 2.82. The lowest BCUT2D eigenvalue weighted by Gasteiger charge is -2.18. The van der Waals surface area contributed by atoms with Crippen LogP contribution >= 0.6 is 0 Å². The Morgan fingerprint density at radius 1 is 1.24 bits per heavy atom. The summed E-state index contributed by atoms with van der Waals surface area (Å²) < 4.78 is 5.75. The van der Waals surface area contributed by atoms with Crippen LogP contribution in [0.5, 0.6) is 5.75 Å². The summed E-state index contributed by atoms with van der Waals surface area (Å²) >= 11 is 0. The molecule has 0 aliphatic carbocycles. The van der Waals surface area contributed by atoms with Gasteiger partial charge >= 0.3 is 0 Å². The second-order valence-electron chi connectivity index (χ2n) is 4.84. The van der Waals surface area contributed by atoms with E-state index in [1.807, 2.05) is 6.07 Å². The van der Waals surface area contributed by atoms with E-state index in [2.05, 4.69) is 42.1 Å². The number of ether oxygens (including phenoxy) is 1. The Hall–Kier alpha value is -1.22. The van der Waals surface area contributed by atoms with Crippen molar-refractivity contribution in [2.45, 2.75) is 12.8 Å². The van der Waals surface area contributed by atoms with Crippen molar-refractivity contribution in [2.24, 2.45) is 0 Å². The fourth-order valence-electron chi connectivity index (χ4n) is 2.09. The molecular weight excluding hydrogens is 212 g/mol. The normalized spacial score (nSPS) is 15.6. The molecule has 0 atom stereocenters. The lowest BCUT2D eigenvalue weighted by Crippen LogP contribution is -2.20. The maximum Gasteiger partial charge on any atom is 0.121 e. The highest BCUT2D eigenvalue weighted by atomic mass is 16.5. The van der Waals surface area contributed by atoms with Crippen LogP contribution in [-0.4, -0.2) is 45.2 Å². The molecule has 0 bridgehead atoms. The predicted molar refractivity (Wildman–Crippen MR) is 71.9 cm³/mol. The molecule has 94 valence electrons. The first-order chi connectivity index (χ1) is 8.25. The monoisotopic (exact) mass is 234 g/mol. The van der Waals surface area contributed by atoms with Crippen molar-refractivity contribution >= 4 is 5.69 Å². The van der Waals surface area contributed by atoms with Crippen molar-refractivity contribution in [3.8, 4) is 5.75 Å². The number of hydrogen-bond acceptors (Lipinski definition) is 3. The number of likely N-dealkylation sites (N-methyl/N-ethyl adjacent to an activating group) is 1. The Morgan fingerprint density at radius 2 is 2.00 bits per heavy atom. The van der Waals surface area contributed by atoms with Gasteiger partial charge in [0.05, 0.1) is 0 Å². The molecule has 1 aromatic rings. The molecule has 0 unspecified atom stereocenters. The SMILES string of the molecule is CN(C)CCOc1cccc(N2CCCC2)c1. The van der Waals surface area contributed by atoms with Gasteiger partial charge in [-0.3, -0.25) is 0 Å². The number of benzene rings is 1. The minimum atomic E-state index is 0.746. The maximum atomic E-state index is 5.75. The highest BCUT2D eigenvalue weighted by Crippen LogP contribution is 2.24. The van der Waals surface area contributed by atoms with Gasteiger partial charge in [0.1, 0.15) is 12.4 Å². The lowest BCUT2D eigenvalue weighted by atomic mass is 10.3. The van der Waals surface area contributed by atoms with Crippen molar-refractivity contribution in [2.75, 3.05) is 45.2 Å². The minimum absolute atomic E-state index is 0.746. The average molecular weight is 234 g/mol. The smallest absolute Gasteiger partial charge is 0.121 e. The Balaban J connectivity index is 1.91. The van der Waals surface area contributed by atoms with Crippen molar-refractivity contribution in [1.29, 1.82) is 0 Å². The third kappa shape index (κ3) is 3.63. The predicted octanol–water partition coefficient (Wildman–Crippen LogP) is 2.23. The molecule has 0 saturated carbocycles. The van der Waals surface area contributed by atoms with E-state index < -0.39 is 0 Å². The van der Waals surface area contributed by atoms with Gasteiger partial charge in [-0.2, -0.15) is 0 Å². The van der Waals surface area contributed by atoms with E-state index in [4.69, 9.17) is 4.74 Å². The van der Waals surface area contributed by atoms with Crippen LogP contribution in [0.1, 0.15) is 12.8 Å². The van der Waals surface area contributed by atoms with E-state index >= 15 is 0 Å². The van der Waals surface area contributed by atoms with E-state index in [1.54, 1.807) is 0 Å². The van der Waals surface area contributed by atoms with Gasteiger partial charge < -0.3 is 14.5 Å². The fraction of sp³-hybridized carbons (Fsp3) is 0.571. The van der Waals surface area contributed by atoms with E-state index in [9.17, 15) is 0 Å². The molecule has 3 heteroatoms. The van der Waals surface area contributed by atoms with Gasteiger partial charge in [0.25, 0.3) is 0 Å². The number of anilines is 1. The summed E-state index contributed by atoms with van der Waals surface area (Å²) in [6.07, 6.45) is 2.62. The third-order valence-corrected chi connectivity index (χ3v) is 3.10. The van der Waals surface area contributed by atoms with Crippen molar-refractivity contribution < 1.29 is 4.74 Å². The van der Waals surface area contributed by atoms with Crippen molar-refractivity contribution in [1.82, 2.24) is 4.90 Å². The van der Waals surface area contributed by atoms with Gasteiger partial charge in [-0.05, 0) is 39.1 Å². The molecule has 1 aromatic carbocycles. The van der Waals surface area contributed by atoms with Gasteiger partial charge in [0.2, 0.25) is 0 Å². The first-order valence-electron chi connectivity index (χ1n) is 6.38. The highest BCUT2D eigenvalue weighted by molar-refractivity contribution is 5.51. The first-order valence-corrected chi connectivity index (χ1v) is 6.38. The molecule has 2 rings (SSSR count). The number of rotatable bonds is 5. The van der Waals surface area contributed by atoms with Gasteiger partial charge in [-0.15, -0.1) is 0 Å². The second kappa shape index (κ2) is 5.92. The lowest BCUT2D eigenvalue weighted by molar-refractivity contribution is 0.261. The zero-order chi connectivity index (χ0) is 12.1. The standard InChI is InChI=1S/C14H22N2O/c1-15(2)10-11-17-14-7-5-6-13(12-14)16-8-3-4-9-16/h5-7,12H,3-4,8-11H2,1-2H3. The molecule has 0 spiro atoms. The number of nitrogens with zero attached hydrogens (tertiary/aromatic N) is 2. The Morgan fingerprint density at radius 3 is 2.71 bits per heavy atom. The summed E-state index contributed by atoms with van der Waals surface area (Å²) in [5, 5.41) is 0. The quantitative estimate of drug-likeness (QED) is 0.777. The topological polar surface area (TPSA) is 15.7 Å². The van der Waals surface area contributed by atoms with Crippen LogP contribution in [0.4, 0.5) is 5.69 Å². The van der Waals surface area contributed by atoms with E-state index in [0.717, 1.165) is 18.9 Å². The van der Waals surface area contributed by atoms with Crippen LogP contribution in [0, 0.1) is 0 Å². The van der Waals surface area contributed by atoms with Crippen LogP contribution < -0.4 is 9.64 Å². The molecule has 0 aromatic heterocycles. The van der Waals surface area contributed by atoms with Crippen molar-refractivity contribution in [3.05, 3.63) is 24.3 Å². The van der Waals surface area contributed by atoms with E-state index in [1.165, 1.54) is 31.6 Å². The van der Waals surface area contributed by atoms with Crippen LogP contribution in [0.15, 0.2) is 24.3 Å². The highest BCUT2D eigenvalue weighted by Gasteiger charge is 2.12. The molecule has 1 aliphatic rings. The summed E-state index contributed by atoms with van der Waals surface area (Å²) in [5.41, 5.74) is 1.30. The van der Waals surface area contributed by atoms with Crippen molar-refractivity contribution in [3.63, 3.8) is 0 Å². The Bertz CT molecular complexity index is 346. The summed E-state index contributed by atoms with van der Waals surface area (Å²) in [5.74, 6) is 0.983. The fourth-order valence-corrected chi connectivity index (χ4v) is 2.09. The molecule has 1 heterocycles. The zero-order valence-electron chi connectivity index (χ0n) is 10.9. The molecule has 1 saturated heterocycles. The molecule has 17 heavy (non-hydrogen) atoms. The summed E-state index contributed by atoms with van der Waals surface area (Å²) in [4.78, 5) is 4.56. The van der Waals surface area contributed by atoms with Gasteiger partial charge in [0, 0.05) is 31.4 Å². The third-order valence-electron chi connectivity index (χ3n) is 3.10. The summed E-state index contributed by atoms with van der Waals surface area (Å²) in [6, 6.07) is 8.44. The van der Waals surface area contributed by atoms with Gasteiger partial charge in [-0.1, -0.05) is 6.07 Å². The maximum absolute atomic E-state index is 5.75. The van der Waals surface area contributed by atoms with E-state index in [-0.39, 0.29) is 0 Å². The van der Waals surface area contributed by atoms with Gasteiger partial charge in [-0.25, -0.2) is 0 Å². The van der Waals surface area contributed by atoms with Crippen LogP contribution in [0.25, 0.3) is 0 Å². The van der Waals surface area contributed by atoms with E-state index in [0.29, 0.717) is 0 Å². The Kier molecular flexibility index (Phi) is 4.26. The molecular formula is C14H22N2O. The van der Waals surface area contributed by atoms with Gasteiger partial charge in [0.15, 0.2) is 0 Å². The van der Waals surface area contributed by atoms with Crippen LogP contribution in [0.2, 0.25) is 0 Å². The largest absolute Gasteiger partial charge is 0.492 e. The summed E-state index contributed by atoms with van der Waals surface area (Å²) in [6.45, 7) is 4.06. The Labute approximate surface area is 104 Å². The molecule has 1 fully saturated rings. The summed E-state index contributed by atoms with van der Waals surface area (Å²) in [7, 11) is 4.12. The van der Waals surface area contributed by atoms with Crippen LogP contribution in [0.3, 0.4) is 0 Å². The molecule has 1 aliphatic heterocycles. The molecule has 0 N–H and O–H groups in total. The minimum Gasteiger partial charge on any atom is -0.492 e. The zero-order valence-corrected chi connectivity index (χ0v) is 10.9. The molecule has 0 radical (unpaired) electrons. The molecule has 3 nitrogen and oxygen atoms in total. The van der Waals surface area contributed by atoms with Crippen LogP contribution in [-0.2, 0) is 0 Å². The second-order valence-corrected chi connectivity index (χ2v) is 4.84. The first kappa shape index (κ1) is 12.2. The number of hydrogen-bond donors (Lipinski definition) is 0.